The fourth-order valence-electron chi connectivity index (χ4n) is 1.34. The summed E-state index contributed by atoms with van der Waals surface area (Å²) < 4.78 is 3.91. The first-order valence-corrected chi connectivity index (χ1v) is 5.80. The van der Waals surface area contributed by atoms with E-state index in [4.69, 9.17) is 5.11 Å². The van der Waals surface area contributed by atoms with Gasteiger partial charge < -0.3 is 10.4 Å². The van der Waals surface area contributed by atoms with Gasteiger partial charge in [0.1, 0.15) is 10.7 Å². The minimum absolute atomic E-state index is 0.171. The van der Waals surface area contributed by atoms with E-state index in [1.54, 1.807) is 0 Å². The predicted molar refractivity (Wildman–Crippen MR) is 62.1 cm³/mol. The van der Waals surface area contributed by atoms with E-state index in [1.165, 1.54) is 11.5 Å². The van der Waals surface area contributed by atoms with Crippen LogP contribution in [0.4, 0.5) is 5.00 Å². The molecule has 0 radical (unpaired) electrons. The Morgan fingerprint density at radius 1 is 1.53 bits per heavy atom. The van der Waals surface area contributed by atoms with Crippen molar-refractivity contribution < 1.29 is 5.11 Å². The molecule has 0 fully saturated rings. The molecule has 0 spiro atoms. The van der Waals surface area contributed by atoms with Gasteiger partial charge in [-0.25, -0.2) is 0 Å². The van der Waals surface area contributed by atoms with Crippen molar-refractivity contribution in [1.29, 1.82) is 0 Å². The quantitative estimate of drug-likeness (QED) is 0.756. The van der Waals surface area contributed by atoms with Crippen molar-refractivity contribution in [3.63, 3.8) is 0 Å². The highest BCUT2D eigenvalue weighted by Crippen LogP contribution is 2.19. The van der Waals surface area contributed by atoms with Crippen LogP contribution in [0, 0.1) is 0 Å². The van der Waals surface area contributed by atoms with Gasteiger partial charge in [0.25, 0.3) is 0 Å². The molecule has 0 aliphatic carbocycles. The highest BCUT2D eigenvalue weighted by molar-refractivity contribution is 7.10. The third kappa shape index (κ3) is 3.40. The minimum atomic E-state index is 0.171. The number of nitrogens with zero attached hydrogens (tertiary/aromatic N) is 3. The molecule has 0 bridgehead atoms. The van der Waals surface area contributed by atoms with Gasteiger partial charge in [-0.2, -0.15) is 0 Å². The van der Waals surface area contributed by atoms with Crippen LogP contribution in [0.1, 0.15) is 19.5 Å². The van der Waals surface area contributed by atoms with Crippen LogP contribution in [-0.4, -0.2) is 45.8 Å². The molecule has 1 heterocycles. The molecule has 1 aromatic rings. The monoisotopic (exact) mass is 230 g/mol. The normalized spacial score (nSPS) is 11.3. The number of aromatic nitrogens is 2. The molecule has 5 nitrogen and oxygen atoms in total. The van der Waals surface area contributed by atoms with E-state index in [2.05, 4.69) is 33.7 Å². The van der Waals surface area contributed by atoms with Crippen LogP contribution in [0.2, 0.25) is 0 Å². The zero-order valence-corrected chi connectivity index (χ0v) is 10.2. The third-order valence-corrected chi connectivity index (χ3v) is 3.04. The van der Waals surface area contributed by atoms with Gasteiger partial charge in [-0.1, -0.05) is 4.49 Å². The number of nitrogens with one attached hydrogen (secondary N) is 1. The fourth-order valence-corrected chi connectivity index (χ4v) is 1.87. The summed E-state index contributed by atoms with van der Waals surface area (Å²) in [5, 5.41) is 17.1. The molecule has 15 heavy (non-hydrogen) atoms. The third-order valence-electron chi connectivity index (χ3n) is 2.25. The number of hydrogen-bond donors (Lipinski definition) is 2. The minimum Gasteiger partial charge on any atom is -0.395 e. The average Bonchev–Trinajstić information content (AvgIpc) is 2.64. The van der Waals surface area contributed by atoms with Gasteiger partial charge in [0.05, 0.1) is 6.61 Å². The van der Waals surface area contributed by atoms with E-state index in [0.717, 1.165) is 17.2 Å². The molecule has 1 rings (SSSR count). The number of rotatable bonds is 6. The SMILES string of the molecule is CNc1snnc1CN(CCO)C(C)C. The molecule has 0 amide bonds. The zero-order valence-electron chi connectivity index (χ0n) is 9.40. The Kier molecular flexibility index (Phi) is 4.93. The summed E-state index contributed by atoms with van der Waals surface area (Å²) in [6.07, 6.45) is 0. The summed E-state index contributed by atoms with van der Waals surface area (Å²) in [6.45, 7) is 5.77. The maximum atomic E-state index is 8.95. The van der Waals surface area contributed by atoms with E-state index in [0.29, 0.717) is 12.6 Å². The summed E-state index contributed by atoms with van der Waals surface area (Å²) in [5.41, 5.74) is 0.949. The van der Waals surface area contributed by atoms with E-state index < -0.39 is 0 Å². The van der Waals surface area contributed by atoms with Crippen molar-refractivity contribution >= 4 is 16.5 Å². The Morgan fingerprint density at radius 3 is 2.80 bits per heavy atom. The number of hydrogen-bond acceptors (Lipinski definition) is 6. The van der Waals surface area contributed by atoms with Crippen LogP contribution < -0.4 is 5.32 Å². The highest BCUT2D eigenvalue weighted by Gasteiger charge is 2.14. The Morgan fingerprint density at radius 2 is 2.27 bits per heavy atom. The molecule has 6 heteroatoms. The van der Waals surface area contributed by atoms with Crippen molar-refractivity contribution in [1.82, 2.24) is 14.5 Å². The second-order valence-corrected chi connectivity index (χ2v) is 4.34. The summed E-state index contributed by atoms with van der Waals surface area (Å²) in [6, 6.07) is 0.392. The molecule has 1 aromatic heterocycles. The molecule has 0 unspecified atom stereocenters. The van der Waals surface area contributed by atoms with Gasteiger partial charge in [-0.15, -0.1) is 5.10 Å². The molecule has 0 aliphatic heterocycles. The number of aliphatic hydroxyl groups excluding tert-OH is 1. The van der Waals surface area contributed by atoms with Gasteiger partial charge in [-0.3, -0.25) is 4.90 Å². The van der Waals surface area contributed by atoms with Gasteiger partial charge >= 0.3 is 0 Å². The van der Waals surface area contributed by atoms with Crippen molar-refractivity contribution in [2.45, 2.75) is 26.4 Å². The molecular weight excluding hydrogens is 212 g/mol. The second-order valence-electron chi connectivity index (χ2n) is 3.59. The average molecular weight is 230 g/mol. The molecule has 86 valence electrons. The summed E-state index contributed by atoms with van der Waals surface area (Å²) >= 11 is 1.36. The Labute approximate surface area is 94.3 Å². The lowest BCUT2D eigenvalue weighted by Crippen LogP contribution is -2.33. The maximum Gasteiger partial charge on any atom is 0.134 e. The van der Waals surface area contributed by atoms with Crippen LogP contribution in [0.15, 0.2) is 0 Å². The number of anilines is 1. The largest absolute Gasteiger partial charge is 0.395 e. The standard InChI is InChI=1S/C9H18N4OS/c1-7(2)13(4-5-14)6-8-9(10-3)15-12-11-8/h7,10,14H,4-6H2,1-3H3. The lowest BCUT2D eigenvalue weighted by molar-refractivity contribution is 0.158. The molecule has 0 saturated heterocycles. The Bertz CT molecular complexity index is 289. The first-order chi connectivity index (χ1) is 7.19. The molecule has 0 aromatic carbocycles. The smallest absolute Gasteiger partial charge is 0.134 e. The fraction of sp³-hybridized carbons (Fsp3) is 0.778. The van der Waals surface area contributed by atoms with Gasteiger partial charge in [0.2, 0.25) is 0 Å². The van der Waals surface area contributed by atoms with Crippen LogP contribution in [0.3, 0.4) is 0 Å². The number of aliphatic hydroxyl groups is 1. The topological polar surface area (TPSA) is 61.3 Å². The van der Waals surface area contributed by atoms with Gasteiger partial charge in [0, 0.05) is 37.7 Å². The van der Waals surface area contributed by atoms with E-state index in [9.17, 15) is 0 Å². The second kappa shape index (κ2) is 5.99. The van der Waals surface area contributed by atoms with Crippen molar-refractivity contribution in [2.75, 3.05) is 25.5 Å². The summed E-state index contributed by atoms with van der Waals surface area (Å²) in [7, 11) is 1.87. The maximum absolute atomic E-state index is 8.95. The van der Waals surface area contributed by atoms with Crippen molar-refractivity contribution in [2.24, 2.45) is 0 Å². The van der Waals surface area contributed by atoms with E-state index >= 15 is 0 Å². The lowest BCUT2D eigenvalue weighted by atomic mass is 10.3. The first kappa shape index (κ1) is 12.4. The van der Waals surface area contributed by atoms with Gasteiger partial charge in [-0.05, 0) is 13.8 Å². The summed E-state index contributed by atoms with van der Waals surface area (Å²) in [4.78, 5) is 2.16. The van der Waals surface area contributed by atoms with Crippen LogP contribution in [0.25, 0.3) is 0 Å². The molecule has 0 aliphatic rings. The molecule has 0 atom stereocenters. The molecule has 0 saturated carbocycles. The highest BCUT2D eigenvalue weighted by atomic mass is 32.1. The van der Waals surface area contributed by atoms with Crippen molar-refractivity contribution in [3.05, 3.63) is 5.69 Å². The van der Waals surface area contributed by atoms with Gasteiger partial charge in [0.15, 0.2) is 0 Å². The lowest BCUT2D eigenvalue weighted by Gasteiger charge is -2.24. The first-order valence-electron chi connectivity index (χ1n) is 5.03. The molecule has 2 N–H and O–H groups in total. The molecular formula is C9H18N4OS. The Balaban J connectivity index is 2.65. The Hall–Kier alpha value is -0.720. The van der Waals surface area contributed by atoms with Crippen LogP contribution in [-0.2, 0) is 6.54 Å². The van der Waals surface area contributed by atoms with Crippen LogP contribution >= 0.6 is 11.5 Å². The van der Waals surface area contributed by atoms with Crippen molar-refractivity contribution in [3.8, 4) is 0 Å². The summed E-state index contributed by atoms with van der Waals surface area (Å²) in [5.74, 6) is 0. The van der Waals surface area contributed by atoms with E-state index in [1.807, 2.05) is 7.05 Å². The van der Waals surface area contributed by atoms with E-state index in [-0.39, 0.29) is 6.61 Å². The predicted octanol–water partition coefficient (Wildman–Crippen LogP) is 0.782. The zero-order chi connectivity index (χ0) is 11.3. The van der Waals surface area contributed by atoms with Crippen LogP contribution in [0.5, 0.6) is 0 Å².